The molecular weight excluding hydrogens is 374 g/mol. The molecule has 0 saturated heterocycles. The number of benzene rings is 1. The van der Waals surface area contributed by atoms with Crippen LogP contribution in [0.5, 0.6) is 5.75 Å². The van der Waals surface area contributed by atoms with Crippen molar-refractivity contribution in [2.24, 2.45) is 0 Å². The lowest BCUT2D eigenvalue weighted by atomic mass is 10.2. The average molecular weight is 384 g/mol. The molecule has 0 saturated carbocycles. The number of nitro groups is 1. The predicted molar refractivity (Wildman–Crippen MR) is 81.2 cm³/mol. The SMILES string of the molecule is O=C(COC(=O)c1ccc([N+](=O)[O-])o1)NC(=O)c1ccc(OC(F)F)cc1. The van der Waals surface area contributed by atoms with Crippen LogP contribution < -0.4 is 10.1 Å². The molecule has 1 heterocycles. The van der Waals surface area contributed by atoms with Gasteiger partial charge in [-0.3, -0.25) is 25.0 Å². The minimum absolute atomic E-state index is 0.0297. The summed E-state index contributed by atoms with van der Waals surface area (Å²) in [5, 5.41) is 12.3. The van der Waals surface area contributed by atoms with E-state index in [-0.39, 0.29) is 11.3 Å². The van der Waals surface area contributed by atoms with Crippen LogP contribution in [0.1, 0.15) is 20.9 Å². The van der Waals surface area contributed by atoms with Gasteiger partial charge in [-0.05, 0) is 30.3 Å². The number of alkyl halides is 2. The Labute approximate surface area is 148 Å². The molecule has 0 spiro atoms. The number of halogens is 2. The van der Waals surface area contributed by atoms with Gasteiger partial charge in [-0.2, -0.15) is 8.78 Å². The molecule has 0 aliphatic carbocycles. The van der Waals surface area contributed by atoms with Crippen LogP contribution in [0.2, 0.25) is 0 Å². The van der Waals surface area contributed by atoms with Crippen molar-refractivity contribution < 1.29 is 42.0 Å². The Kier molecular flexibility index (Phi) is 6.14. The molecule has 27 heavy (non-hydrogen) atoms. The molecule has 0 bridgehead atoms. The molecule has 12 heteroatoms. The van der Waals surface area contributed by atoms with E-state index in [9.17, 15) is 33.3 Å². The van der Waals surface area contributed by atoms with E-state index in [1.54, 1.807) is 0 Å². The molecule has 2 rings (SSSR count). The zero-order chi connectivity index (χ0) is 20.0. The van der Waals surface area contributed by atoms with Crippen LogP contribution in [0.15, 0.2) is 40.8 Å². The van der Waals surface area contributed by atoms with Gasteiger partial charge in [0.05, 0.1) is 6.07 Å². The summed E-state index contributed by atoms with van der Waals surface area (Å²) in [7, 11) is 0. The Morgan fingerprint density at radius 2 is 1.81 bits per heavy atom. The zero-order valence-corrected chi connectivity index (χ0v) is 13.2. The number of nitrogens with one attached hydrogen (secondary N) is 1. The molecule has 0 aliphatic heterocycles. The Bertz CT molecular complexity index is 863. The maximum Gasteiger partial charge on any atom is 0.433 e. The fraction of sp³-hybridized carbons (Fsp3) is 0.133. The van der Waals surface area contributed by atoms with Crippen LogP contribution in [-0.4, -0.2) is 35.9 Å². The van der Waals surface area contributed by atoms with Gasteiger partial charge in [-0.15, -0.1) is 0 Å². The van der Waals surface area contributed by atoms with Crippen LogP contribution >= 0.6 is 0 Å². The fourth-order valence-electron chi connectivity index (χ4n) is 1.76. The van der Waals surface area contributed by atoms with Gasteiger partial charge in [0.15, 0.2) is 6.61 Å². The number of ether oxygens (including phenoxy) is 2. The van der Waals surface area contributed by atoms with Crippen molar-refractivity contribution in [3.8, 4) is 5.75 Å². The third-order valence-electron chi connectivity index (χ3n) is 2.90. The van der Waals surface area contributed by atoms with E-state index in [2.05, 4.69) is 13.9 Å². The number of hydrogen-bond donors (Lipinski definition) is 1. The minimum atomic E-state index is -3.02. The van der Waals surface area contributed by atoms with Crippen molar-refractivity contribution >= 4 is 23.7 Å². The van der Waals surface area contributed by atoms with Crippen molar-refractivity contribution in [3.63, 3.8) is 0 Å². The molecule has 0 fully saturated rings. The Morgan fingerprint density at radius 1 is 1.15 bits per heavy atom. The van der Waals surface area contributed by atoms with Crippen molar-refractivity contribution in [1.82, 2.24) is 5.32 Å². The quantitative estimate of drug-likeness (QED) is 0.434. The number of rotatable bonds is 7. The van der Waals surface area contributed by atoms with E-state index in [0.717, 1.165) is 36.4 Å². The van der Waals surface area contributed by atoms with E-state index < -0.39 is 47.6 Å². The third-order valence-corrected chi connectivity index (χ3v) is 2.90. The van der Waals surface area contributed by atoms with E-state index in [1.807, 2.05) is 5.32 Å². The Hall–Kier alpha value is -3.83. The van der Waals surface area contributed by atoms with Gasteiger partial charge >= 0.3 is 18.5 Å². The van der Waals surface area contributed by atoms with Crippen molar-refractivity contribution in [2.45, 2.75) is 6.61 Å². The number of esters is 1. The maximum absolute atomic E-state index is 12.0. The smallest absolute Gasteiger partial charge is 0.433 e. The van der Waals surface area contributed by atoms with E-state index in [4.69, 9.17) is 0 Å². The summed E-state index contributed by atoms with van der Waals surface area (Å²) in [5.41, 5.74) is -0.0297. The van der Waals surface area contributed by atoms with Gasteiger partial charge in [-0.1, -0.05) is 0 Å². The van der Waals surface area contributed by atoms with Gasteiger partial charge in [-0.25, -0.2) is 4.79 Å². The van der Waals surface area contributed by atoms with Crippen molar-refractivity contribution in [3.05, 3.63) is 57.8 Å². The van der Waals surface area contributed by atoms with Crippen molar-refractivity contribution in [2.75, 3.05) is 6.61 Å². The molecule has 0 atom stereocenters. The van der Waals surface area contributed by atoms with Crippen LogP contribution in [0.3, 0.4) is 0 Å². The molecule has 10 nitrogen and oxygen atoms in total. The molecule has 2 amide bonds. The fourth-order valence-corrected chi connectivity index (χ4v) is 1.76. The monoisotopic (exact) mass is 384 g/mol. The highest BCUT2D eigenvalue weighted by atomic mass is 19.3. The normalized spacial score (nSPS) is 10.3. The highest BCUT2D eigenvalue weighted by Crippen LogP contribution is 2.16. The topological polar surface area (TPSA) is 138 Å². The first-order chi connectivity index (χ1) is 12.8. The summed E-state index contributed by atoms with van der Waals surface area (Å²) in [6.07, 6.45) is 0. The molecule has 2 aromatic rings. The first-order valence-electron chi connectivity index (χ1n) is 7.06. The number of carbonyl (C=O) groups is 3. The van der Waals surface area contributed by atoms with Gasteiger partial charge < -0.3 is 13.9 Å². The standard InChI is InChI=1S/C15H10F2N2O8/c16-15(17)26-9-3-1-8(2-4-9)13(21)18-11(20)7-25-14(22)10-5-6-12(27-10)19(23)24/h1-6,15H,7H2,(H,18,20,21). The lowest BCUT2D eigenvalue weighted by molar-refractivity contribution is -0.402. The Balaban J connectivity index is 1.84. The molecule has 0 radical (unpaired) electrons. The van der Waals surface area contributed by atoms with E-state index >= 15 is 0 Å². The van der Waals surface area contributed by atoms with Gasteiger partial charge in [0.25, 0.3) is 11.8 Å². The number of amides is 2. The number of carbonyl (C=O) groups excluding carboxylic acids is 3. The molecule has 1 aromatic heterocycles. The lowest BCUT2D eigenvalue weighted by Gasteiger charge is -2.06. The molecule has 142 valence electrons. The second-order valence-electron chi connectivity index (χ2n) is 4.75. The van der Waals surface area contributed by atoms with Gasteiger partial charge in [0.2, 0.25) is 5.76 Å². The molecule has 1 N–H and O–H groups in total. The van der Waals surface area contributed by atoms with Crippen LogP contribution in [0.25, 0.3) is 0 Å². The maximum atomic E-state index is 12.0. The lowest BCUT2D eigenvalue weighted by Crippen LogP contribution is -2.34. The first-order valence-corrected chi connectivity index (χ1v) is 7.06. The molecule has 1 aromatic carbocycles. The van der Waals surface area contributed by atoms with Gasteiger partial charge in [0.1, 0.15) is 10.7 Å². The summed E-state index contributed by atoms with van der Waals surface area (Å²) in [4.78, 5) is 44.6. The number of furan rings is 1. The van der Waals surface area contributed by atoms with E-state index in [1.165, 1.54) is 0 Å². The molecular formula is C15H10F2N2O8. The van der Waals surface area contributed by atoms with Gasteiger partial charge in [0, 0.05) is 5.56 Å². The molecule has 0 unspecified atom stereocenters. The van der Waals surface area contributed by atoms with E-state index in [0.29, 0.717) is 0 Å². The Morgan fingerprint density at radius 3 is 2.37 bits per heavy atom. The summed E-state index contributed by atoms with van der Waals surface area (Å²) in [6, 6.07) is 6.43. The second-order valence-corrected chi connectivity index (χ2v) is 4.75. The number of imide groups is 1. The van der Waals surface area contributed by atoms with Crippen LogP contribution in [0, 0.1) is 10.1 Å². The largest absolute Gasteiger partial charge is 0.450 e. The molecule has 0 aliphatic rings. The van der Waals surface area contributed by atoms with Crippen LogP contribution in [0.4, 0.5) is 14.7 Å². The summed E-state index contributed by atoms with van der Waals surface area (Å²) >= 11 is 0. The zero-order valence-electron chi connectivity index (χ0n) is 13.2. The van der Waals surface area contributed by atoms with Crippen LogP contribution in [-0.2, 0) is 9.53 Å². The summed E-state index contributed by atoms with van der Waals surface area (Å²) < 4.78 is 37.3. The number of nitrogens with zero attached hydrogens (tertiary/aromatic N) is 1. The summed E-state index contributed by atoms with van der Waals surface area (Å²) in [6.45, 7) is -3.87. The van der Waals surface area contributed by atoms with Crippen molar-refractivity contribution in [1.29, 1.82) is 0 Å². The number of hydrogen-bond acceptors (Lipinski definition) is 8. The highest BCUT2D eigenvalue weighted by Gasteiger charge is 2.20. The average Bonchev–Trinajstić information content (AvgIpc) is 3.10. The highest BCUT2D eigenvalue weighted by molar-refractivity contribution is 6.05. The first kappa shape index (κ1) is 19.5. The predicted octanol–water partition coefficient (Wildman–Crippen LogP) is 1.90. The summed E-state index contributed by atoms with van der Waals surface area (Å²) in [5.74, 6) is -4.33. The minimum Gasteiger partial charge on any atom is -0.450 e. The third kappa shape index (κ3) is 5.59. The second kappa shape index (κ2) is 8.51.